The maximum atomic E-state index is 14.5. The minimum atomic E-state index is -1.89. The molecule has 0 saturated heterocycles. The number of hydrogen-bond acceptors (Lipinski definition) is 2. The summed E-state index contributed by atoms with van der Waals surface area (Å²) in [6.45, 7) is 3.27. The number of halogens is 4. The quantitative estimate of drug-likeness (QED) is 0.221. The van der Waals surface area contributed by atoms with Gasteiger partial charge in [0, 0.05) is 11.8 Å². The van der Waals surface area contributed by atoms with Crippen molar-refractivity contribution in [3.8, 4) is 17.0 Å². The third-order valence-corrected chi connectivity index (χ3v) is 5.32. The molecule has 0 saturated carbocycles. The SMILES string of the molecule is CCCCCCCCc1ccc(-c2ccc(OC[C@@H](F)[C@H](F)CCC)c(F)c2F)nc1. The second kappa shape index (κ2) is 13.3. The number of nitrogens with zero attached hydrogens (tertiary/aromatic N) is 1. The maximum Gasteiger partial charge on any atom is 0.201 e. The molecule has 0 aliphatic heterocycles. The lowest BCUT2D eigenvalue weighted by Gasteiger charge is -2.15. The molecule has 0 spiro atoms. The van der Waals surface area contributed by atoms with Crippen LogP contribution >= 0.6 is 0 Å². The van der Waals surface area contributed by atoms with Crippen LogP contribution in [0.15, 0.2) is 30.5 Å². The third-order valence-electron chi connectivity index (χ3n) is 5.32. The van der Waals surface area contributed by atoms with Crippen molar-refractivity contribution in [2.24, 2.45) is 0 Å². The van der Waals surface area contributed by atoms with Crippen molar-refractivity contribution in [2.75, 3.05) is 6.61 Å². The molecule has 2 aromatic rings. The van der Waals surface area contributed by atoms with Crippen LogP contribution in [-0.2, 0) is 6.42 Å². The summed E-state index contributed by atoms with van der Waals surface area (Å²) in [6, 6.07) is 6.11. The van der Waals surface area contributed by atoms with Crippen molar-refractivity contribution in [1.29, 1.82) is 0 Å². The summed E-state index contributed by atoms with van der Waals surface area (Å²) in [7, 11) is 0. The Labute approximate surface area is 183 Å². The van der Waals surface area contributed by atoms with E-state index >= 15 is 0 Å². The summed E-state index contributed by atoms with van der Waals surface area (Å²) in [6.07, 6.45) is 6.80. The molecule has 1 heterocycles. The topological polar surface area (TPSA) is 22.1 Å². The van der Waals surface area contributed by atoms with Gasteiger partial charge in [0.1, 0.15) is 12.8 Å². The smallest absolute Gasteiger partial charge is 0.201 e. The van der Waals surface area contributed by atoms with Crippen LogP contribution < -0.4 is 4.74 Å². The Kier molecular flexibility index (Phi) is 10.8. The van der Waals surface area contributed by atoms with Crippen molar-refractivity contribution in [3.05, 3.63) is 47.7 Å². The second-order valence-electron chi connectivity index (χ2n) is 7.94. The number of ether oxygens (including phenoxy) is 1. The molecule has 2 atom stereocenters. The first-order valence-corrected chi connectivity index (χ1v) is 11.3. The fraction of sp³-hybridized carbons (Fsp3) is 0.560. The monoisotopic (exact) mass is 439 g/mol. The molecule has 1 aromatic heterocycles. The zero-order chi connectivity index (χ0) is 22.6. The van der Waals surface area contributed by atoms with Gasteiger partial charge in [-0.1, -0.05) is 58.4 Å². The van der Waals surface area contributed by atoms with Gasteiger partial charge in [-0.25, -0.2) is 13.2 Å². The van der Waals surface area contributed by atoms with Crippen molar-refractivity contribution < 1.29 is 22.3 Å². The van der Waals surface area contributed by atoms with E-state index in [1.165, 1.54) is 44.2 Å². The van der Waals surface area contributed by atoms with Crippen LogP contribution in [0.4, 0.5) is 17.6 Å². The van der Waals surface area contributed by atoms with Gasteiger partial charge in [-0.2, -0.15) is 4.39 Å². The number of alkyl halides is 2. The molecule has 31 heavy (non-hydrogen) atoms. The summed E-state index contributed by atoms with van der Waals surface area (Å²) in [5.41, 5.74) is 1.37. The van der Waals surface area contributed by atoms with E-state index in [4.69, 9.17) is 4.74 Å². The largest absolute Gasteiger partial charge is 0.487 e. The Morgan fingerprint density at radius 3 is 2.26 bits per heavy atom. The fourth-order valence-corrected chi connectivity index (χ4v) is 3.41. The van der Waals surface area contributed by atoms with E-state index < -0.39 is 36.3 Å². The predicted molar refractivity (Wildman–Crippen MR) is 117 cm³/mol. The predicted octanol–water partition coefficient (Wildman–Crippen LogP) is 7.78. The Balaban J connectivity index is 1.95. The highest BCUT2D eigenvalue weighted by Gasteiger charge is 2.22. The van der Waals surface area contributed by atoms with Gasteiger partial charge in [0.05, 0.1) is 5.69 Å². The molecule has 0 bridgehead atoms. The molecular formula is C25H33F4NO. The highest BCUT2D eigenvalue weighted by Crippen LogP contribution is 2.29. The Bertz CT molecular complexity index is 782. The van der Waals surface area contributed by atoms with Gasteiger partial charge in [-0.15, -0.1) is 0 Å². The molecular weight excluding hydrogens is 406 g/mol. The molecule has 0 radical (unpaired) electrons. The van der Waals surface area contributed by atoms with Crippen LogP contribution in [0.1, 0.15) is 70.8 Å². The van der Waals surface area contributed by atoms with Crippen LogP contribution in [0.5, 0.6) is 5.75 Å². The lowest BCUT2D eigenvalue weighted by molar-refractivity contribution is 0.100. The number of pyridine rings is 1. The van der Waals surface area contributed by atoms with E-state index in [0.717, 1.165) is 18.4 Å². The maximum absolute atomic E-state index is 14.5. The molecule has 0 unspecified atom stereocenters. The first kappa shape index (κ1) is 25.2. The molecule has 0 N–H and O–H groups in total. The molecule has 2 rings (SSSR count). The van der Waals surface area contributed by atoms with Crippen molar-refractivity contribution in [2.45, 2.75) is 84.0 Å². The summed E-state index contributed by atoms with van der Waals surface area (Å²) in [4.78, 5) is 4.27. The van der Waals surface area contributed by atoms with Crippen LogP contribution in [0.3, 0.4) is 0 Å². The molecule has 0 aliphatic carbocycles. The second-order valence-corrected chi connectivity index (χ2v) is 7.94. The minimum Gasteiger partial charge on any atom is -0.487 e. The normalized spacial score (nSPS) is 13.2. The summed E-state index contributed by atoms with van der Waals surface area (Å²) in [5, 5.41) is 0. The summed E-state index contributed by atoms with van der Waals surface area (Å²) >= 11 is 0. The Morgan fingerprint density at radius 2 is 1.58 bits per heavy atom. The van der Waals surface area contributed by atoms with E-state index in [1.807, 2.05) is 6.07 Å². The number of aromatic nitrogens is 1. The molecule has 1 aromatic carbocycles. The van der Waals surface area contributed by atoms with Gasteiger partial charge in [0.15, 0.2) is 17.7 Å². The van der Waals surface area contributed by atoms with Gasteiger partial charge < -0.3 is 4.74 Å². The fourth-order valence-electron chi connectivity index (χ4n) is 3.41. The lowest BCUT2D eigenvalue weighted by Crippen LogP contribution is -2.24. The van der Waals surface area contributed by atoms with E-state index in [-0.39, 0.29) is 12.0 Å². The zero-order valence-electron chi connectivity index (χ0n) is 18.5. The van der Waals surface area contributed by atoms with Crippen LogP contribution in [0.25, 0.3) is 11.3 Å². The average molecular weight is 440 g/mol. The van der Waals surface area contributed by atoms with Crippen molar-refractivity contribution in [3.63, 3.8) is 0 Å². The number of rotatable bonds is 14. The van der Waals surface area contributed by atoms with E-state index in [2.05, 4.69) is 11.9 Å². The van der Waals surface area contributed by atoms with Crippen molar-refractivity contribution >= 4 is 0 Å². The number of hydrogen-bond donors (Lipinski definition) is 0. The van der Waals surface area contributed by atoms with Gasteiger partial charge in [-0.05, 0) is 43.0 Å². The number of unbranched alkanes of at least 4 members (excludes halogenated alkanes) is 5. The Morgan fingerprint density at radius 1 is 0.839 bits per heavy atom. The van der Waals surface area contributed by atoms with E-state index in [0.29, 0.717) is 12.1 Å². The van der Waals surface area contributed by atoms with Gasteiger partial charge in [0.2, 0.25) is 5.82 Å². The summed E-state index contributed by atoms with van der Waals surface area (Å²) in [5.74, 6) is -2.78. The highest BCUT2D eigenvalue weighted by molar-refractivity contribution is 5.61. The van der Waals surface area contributed by atoms with Crippen LogP contribution in [0, 0.1) is 11.6 Å². The minimum absolute atomic E-state index is 0.00196. The molecule has 0 aliphatic rings. The van der Waals surface area contributed by atoms with Gasteiger partial charge in [-0.3, -0.25) is 4.98 Å². The first-order chi connectivity index (χ1) is 15.0. The molecule has 6 heteroatoms. The van der Waals surface area contributed by atoms with Crippen LogP contribution in [0.2, 0.25) is 0 Å². The molecule has 0 fully saturated rings. The van der Waals surface area contributed by atoms with Crippen LogP contribution in [-0.4, -0.2) is 23.9 Å². The number of benzene rings is 1. The molecule has 2 nitrogen and oxygen atoms in total. The molecule has 172 valence electrons. The van der Waals surface area contributed by atoms with E-state index in [9.17, 15) is 17.6 Å². The number of aryl methyl sites for hydroxylation is 1. The third kappa shape index (κ3) is 7.82. The lowest BCUT2D eigenvalue weighted by atomic mass is 10.0. The summed E-state index contributed by atoms with van der Waals surface area (Å²) < 4.78 is 61.1. The average Bonchev–Trinajstić information content (AvgIpc) is 2.77. The van der Waals surface area contributed by atoms with E-state index in [1.54, 1.807) is 19.2 Å². The first-order valence-electron chi connectivity index (χ1n) is 11.3. The zero-order valence-corrected chi connectivity index (χ0v) is 18.5. The standard InChI is InChI=1S/C25H33F4NO/c1-3-5-6-7-8-9-11-18-12-14-22(30-16-18)19-13-15-23(25(29)24(19)28)31-17-21(27)20(26)10-4-2/h12-16,20-21H,3-11,17H2,1-2H3/t20-,21-/m1/s1. The van der Waals surface area contributed by atoms with Gasteiger partial charge >= 0.3 is 0 Å². The Hall–Kier alpha value is -2.11. The highest BCUT2D eigenvalue weighted by atomic mass is 19.2. The van der Waals surface area contributed by atoms with Gasteiger partial charge in [0.25, 0.3) is 0 Å². The van der Waals surface area contributed by atoms with Crippen molar-refractivity contribution in [1.82, 2.24) is 4.98 Å². The molecule has 0 amide bonds.